The molecule has 1 atom stereocenters. The first-order chi connectivity index (χ1) is 16.0. The highest BCUT2D eigenvalue weighted by atomic mass is 28.4. The minimum Gasteiger partial charge on any atom is -0.377 e. The molecule has 202 valence electrons. The molecule has 0 rings (SSSR count). The van der Waals surface area contributed by atoms with Crippen molar-refractivity contribution in [3.8, 4) is 0 Å². The summed E-state index contributed by atoms with van der Waals surface area (Å²) in [7, 11) is 3.53. The molecule has 0 aromatic carbocycles. The van der Waals surface area contributed by atoms with Gasteiger partial charge in [-0.25, -0.2) is 8.78 Å². The van der Waals surface area contributed by atoms with Crippen LogP contribution < -0.4 is 5.32 Å². The number of amides is 1. The Bertz CT molecular complexity index is 577. The zero-order valence-electron chi connectivity index (χ0n) is 21.7. The van der Waals surface area contributed by atoms with Gasteiger partial charge < -0.3 is 31.9 Å². The van der Waals surface area contributed by atoms with Crippen molar-refractivity contribution in [3.05, 3.63) is 0 Å². The smallest absolute Gasteiger partial charge is 0.377 e. The molecular weight excluding hydrogens is 488 g/mol. The van der Waals surface area contributed by atoms with Crippen LogP contribution in [0.1, 0.15) is 51.9 Å². The van der Waals surface area contributed by atoms with E-state index in [2.05, 4.69) is 5.32 Å². The highest BCUT2D eigenvalue weighted by Crippen LogP contribution is 2.34. The molecule has 9 nitrogen and oxygen atoms in total. The highest BCUT2D eigenvalue weighted by Gasteiger charge is 2.42. The Kier molecular flexibility index (Phi) is 16.4. The van der Waals surface area contributed by atoms with Gasteiger partial charge >= 0.3 is 17.6 Å². The van der Waals surface area contributed by atoms with Crippen molar-refractivity contribution in [1.82, 2.24) is 5.32 Å². The lowest BCUT2D eigenvalue weighted by Crippen LogP contribution is -2.43. The third-order valence-electron chi connectivity index (χ3n) is 6.00. The topological polar surface area (TPSA) is 102 Å². The molecule has 1 amide bonds. The van der Waals surface area contributed by atoms with E-state index in [0.29, 0.717) is 31.4 Å². The number of Topliss-reactive ketones (excluding diaryl/α,β-unsaturated/α-hetero) is 1. The van der Waals surface area contributed by atoms with E-state index in [4.69, 9.17) is 26.6 Å². The number of nitrogens with one attached hydrogen (secondary N) is 1. The summed E-state index contributed by atoms with van der Waals surface area (Å²) in [6, 6.07) is 0.988. The second-order valence-electron chi connectivity index (χ2n) is 8.04. The van der Waals surface area contributed by atoms with Gasteiger partial charge in [-0.1, -0.05) is 6.92 Å². The molecule has 13 heteroatoms. The van der Waals surface area contributed by atoms with Gasteiger partial charge in [0, 0.05) is 80.1 Å². The summed E-state index contributed by atoms with van der Waals surface area (Å²) in [6.45, 7) is 1.80. The molecule has 1 N–H and O–H groups in total. The fraction of sp³-hybridized carbons (Fsp3) is 0.905. The molecule has 0 spiro atoms. The normalized spacial score (nSPS) is 13.7. The van der Waals surface area contributed by atoms with Crippen molar-refractivity contribution in [2.75, 3.05) is 49.2 Å². The average molecular weight is 532 g/mol. The van der Waals surface area contributed by atoms with Crippen molar-refractivity contribution in [2.45, 2.75) is 69.9 Å². The van der Waals surface area contributed by atoms with Gasteiger partial charge in [0.1, 0.15) is 5.78 Å². The number of carbonyl (C=O) groups is 2. The van der Waals surface area contributed by atoms with Crippen molar-refractivity contribution >= 4 is 29.3 Å². The molecule has 0 bridgehead atoms. The molecule has 0 heterocycles. The minimum atomic E-state index is -3.27. The Hall–Kier alpha value is -0.806. The molecule has 0 fully saturated rings. The Morgan fingerprint density at radius 1 is 0.824 bits per heavy atom. The summed E-state index contributed by atoms with van der Waals surface area (Å²) in [5.41, 5.74) is 0. The third-order valence-corrected chi connectivity index (χ3v) is 11.7. The first-order valence-electron chi connectivity index (χ1n) is 11.5. The molecule has 0 aromatic heterocycles. The Balaban J connectivity index is 4.53. The highest BCUT2D eigenvalue weighted by molar-refractivity contribution is 6.60. The monoisotopic (exact) mass is 531 g/mol. The number of rotatable bonds is 21. The molecule has 0 aliphatic carbocycles. The Morgan fingerprint density at radius 3 is 1.74 bits per heavy atom. The van der Waals surface area contributed by atoms with E-state index in [1.165, 1.54) is 42.7 Å². The average Bonchev–Trinajstić information content (AvgIpc) is 2.83. The lowest BCUT2D eigenvalue weighted by atomic mass is 9.89. The van der Waals surface area contributed by atoms with Crippen LogP contribution in [0.15, 0.2) is 0 Å². The maximum atomic E-state index is 14.7. The standard InChI is InChI=1S/C21H43F2NO8Si2/c1-8-18(16-19(25)12-9-10-14-33(27-2,28-3)29-4)21(22,23)17-20(26)24-13-11-15-34(30-5,31-6)32-7/h18H,8-17H2,1-7H3,(H,24,26). The molecule has 0 aliphatic heterocycles. The number of carbonyl (C=O) groups excluding carboxylic acids is 2. The predicted octanol–water partition coefficient (Wildman–Crippen LogP) is 3.43. The number of hydrogen-bond acceptors (Lipinski definition) is 8. The van der Waals surface area contributed by atoms with Crippen LogP contribution in [0.25, 0.3) is 0 Å². The summed E-state index contributed by atoms with van der Waals surface area (Å²) in [5, 5.41) is 2.51. The molecular formula is C21H43F2NO8Si2. The molecule has 0 radical (unpaired) electrons. The maximum Gasteiger partial charge on any atom is 0.500 e. The second kappa shape index (κ2) is 16.8. The van der Waals surface area contributed by atoms with Crippen LogP contribution in [0.3, 0.4) is 0 Å². The van der Waals surface area contributed by atoms with Crippen LogP contribution in [-0.4, -0.2) is 84.4 Å². The predicted molar refractivity (Wildman–Crippen MR) is 128 cm³/mol. The summed E-state index contributed by atoms with van der Waals surface area (Å²) in [4.78, 5) is 24.4. The van der Waals surface area contributed by atoms with E-state index in [-0.39, 0.29) is 31.6 Å². The number of hydrogen-bond donors (Lipinski definition) is 1. The summed E-state index contributed by atoms with van der Waals surface area (Å²) in [6.07, 6.45) is 0.691. The second-order valence-corrected chi connectivity index (χ2v) is 14.2. The van der Waals surface area contributed by atoms with E-state index in [1.807, 2.05) is 0 Å². The molecule has 0 saturated heterocycles. The van der Waals surface area contributed by atoms with Crippen LogP contribution in [0.4, 0.5) is 8.78 Å². The van der Waals surface area contributed by atoms with Gasteiger partial charge in [0.25, 0.3) is 5.92 Å². The summed E-state index contributed by atoms with van der Waals surface area (Å²) in [5.74, 6) is -5.46. The third kappa shape index (κ3) is 11.3. The van der Waals surface area contributed by atoms with Crippen LogP contribution in [0.2, 0.25) is 12.1 Å². The fourth-order valence-corrected chi connectivity index (χ4v) is 7.22. The van der Waals surface area contributed by atoms with Crippen LogP contribution >= 0.6 is 0 Å². The van der Waals surface area contributed by atoms with E-state index < -0.39 is 41.8 Å². The van der Waals surface area contributed by atoms with Gasteiger partial charge in [-0.3, -0.25) is 9.59 Å². The van der Waals surface area contributed by atoms with Gasteiger partial charge in [0.2, 0.25) is 5.91 Å². The van der Waals surface area contributed by atoms with Crippen molar-refractivity contribution in [2.24, 2.45) is 5.92 Å². The molecule has 34 heavy (non-hydrogen) atoms. The van der Waals surface area contributed by atoms with E-state index >= 15 is 0 Å². The number of unbranched alkanes of at least 4 members (excludes halogenated alkanes) is 1. The van der Waals surface area contributed by atoms with E-state index in [1.54, 1.807) is 6.92 Å². The molecule has 0 aromatic rings. The largest absolute Gasteiger partial charge is 0.500 e. The van der Waals surface area contributed by atoms with Gasteiger partial charge in [0.15, 0.2) is 0 Å². The lowest BCUT2D eigenvalue weighted by Gasteiger charge is -2.26. The Morgan fingerprint density at radius 2 is 1.29 bits per heavy atom. The fourth-order valence-electron chi connectivity index (χ4n) is 3.70. The van der Waals surface area contributed by atoms with Crippen molar-refractivity contribution < 1.29 is 44.9 Å². The van der Waals surface area contributed by atoms with Gasteiger partial charge in [-0.2, -0.15) is 0 Å². The quantitative estimate of drug-likeness (QED) is 0.178. The van der Waals surface area contributed by atoms with Crippen molar-refractivity contribution in [1.29, 1.82) is 0 Å². The number of ketones is 1. The first-order valence-corrected chi connectivity index (χ1v) is 15.4. The SMILES string of the molecule is CCC(CC(=O)CCCC[Si](OC)(OC)OC)C(F)(F)CC(=O)NCCC[Si](OC)(OC)OC. The van der Waals surface area contributed by atoms with Crippen LogP contribution in [0.5, 0.6) is 0 Å². The molecule has 0 aliphatic rings. The first kappa shape index (κ1) is 33.2. The summed E-state index contributed by atoms with van der Waals surface area (Å²) < 4.78 is 61.3. The van der Waals surface area contributed by atoms with Crippen LogP contribution in [0, 0.1) is 5.92 Å². The van der Waals surface area contributed by atoms with Crippen molar-refractivity contribution in [3.63, 3.8) is 0 Å². The van der Waals surface area contributed by atoms with Gasteiger partial charge in [0.05, 0.1) is 6.42 Å². The zero-order chi connectivity index (χ0) is 26.3. The number of alkyl halides is 2. The van der Waals surface area contributed by atoms with Gasteiger partial charge in [-0.05, 0) is 25.7 Å². The maximum absolute atomic E-state index is 14.7. The minimum absolute atomic E-state index is 0.0999. The Labute approximate surface area is 204 Å². The van der Waals surface area contributed by atoms with E-state index in [9.17, 15) is 18.4 Å². The summed E-state index contributed by atoms with van der Waals surface area (Å²) >= 11 is 0. The van der Waals surface area contributed by atoms with E-state index in [0.717, 1.165) is 0 Å². The van der Waals surface area contributed by atoms with Crippen LogP contribution in [-0.2, 0) is 36.1 Å². The molecule has 0 saturated carbocycles. The zero-order valence-corrected chi connectivity index (χ0v) is 23.7. The number of halogens is 2. The van der Waals surface area contributed by atoms with Gasteiger partial charge in [-0.15, -0.1) is 0 Å². The molecule has 1 unspecified atom stereocenters. The lowest BCUT2D eigenvalue weighted by molar-refractivity contribution is -0.138.